The van der Waals surface area contributed by atoms with Crippen molar-refractivity contribution in [2.24, 2.45) is 0 Å². The molecule has 4 atom stereocenters. The number of hydrogen-bond donors (Lipinski definition) is 2. The van der Waals surface area contributed by atoms with Gasteiger partial charge in [0.2, 0.25) is 12.1 Å². The minimum Gasteiger partial charge on any atom is -0.386 e. The van der Waals surface area contributed by atoms with Crippen LogP contribution < -0.4 is 0 Å². The van der Waals surface area contributed by atoms with Crippen molar-refractivity contribution in [3.63, 3.8) is 0 Å². The summed E-state index contributed by atoms with van der Waals surface area (Å²) in [7, 11) is 0. The first-order chi connectivity index (χ1) is 12.8. The first kappa shape index (κ1) is 25.1. The molecule has 0 saturated carbocycles. The van der Waals surface area contributed by atoms with Gasteiger partial charge in [-0.2, -0.15) is 0 Å². The van der Waals surface area contributed by atoms with Crippen molar-refractivity contribution in [2.75, 3.05) is 0 Å². The summed E-state index contributed by atoms with van der Waals surface area (Å²) in [5.41, 5.74) is 0. The lowest BCUT2D eigenvalue weighted by molar-refractivity contribution is -0.553. The number of rotatable bonds is 17. The monoisotopic (exact) mass is 388 g/mol. The molecule has 0 spiro atoms. The predicted molar refractivity (Wildman–Crippen MR) is 101 cm³/mol. The number of carbonyl (C=O) groups excluding carboxylic acids is 1. The van der Waals surface area contributed by atoms with Crippen LogP contribution >= 0.6 is 0 Å². The topological polar surface area (TPSA) is 144 Å². The zero-order valence-corrected chi connectivity index (χ0v) is 15.9. The summed E-state index contributed by atoms with van der Waals surface area (Å²) >= 11 is 0. The summed E-state index contributed by atoms with van der Waals surface area (Å²) in [5, 5.41) is 41.9. The van der Waals surface area contributed by atoms with Crippen molar-refractivity contribution in [3.8, 4) is 0 Å². The van der Waals surface area contributed by atoms with Gasteiger partial charge in [-0.1, -0.05) is 38.3 Å². The van der Waals surface area contributed by atoms with Crippen LogP contribution in [0.1, 0.15) is 71.1 Å². The fourth-order valence-electron chi connectivity index (χ4n) is 2.88. The van der Waals surface area contributed by atoms with Crippen LogP contribution in [0.3, 0.4) is 0 Å². The van der Waals surface area contributed by atoms with Crippen molar-refractivity contribution in [1.82, 2.24) is 0 Å². The van der Waals surface area contributed by atoms with Gasteiger partial charge < -0.3 is 15.0 Å². The Balaban J connectivity index is 4.25. The molecule has 156 valence electrons. The van der Waals surface area contributed by atoms with Gasteiger partial charge in [-0.25, -0.2) is 0 Å². The molecule has 0 aliphatic carbocycles. The van der Waals surface area contributed by atoms with E-state index in [0.29, 0.717) is 6.42 Å². The number of nitro groups is 2. The second kappa shape index (κ2) is 15.2. The Morgan fingerprint density at radius 3 is 1.93 bits per heavy atom. The second-order valence-electron chi connectivity index (χ2n) is 6.70. The van der Waals surface area contributed by atoms with E-state index < -0.39 is 40.6 Å². The van der Waals surface area contributed by atoms with Gasteiger partial charge >= 0.3 is 0 Å². The summed E-state index contributed by atoms with van der Waals surface area (Å²) in [4.78, 5) is 30.9. The normalized spacial score (nSPS) is 16.0. The Bertz CT molecular complexity index is 471. The number of aliphatic hydroxyl groups is 2. The number of aliphatic hydroxyl groups excluding tert-OH is 2. The molecule has 0 aromatic rings. The molecule has 0 aliphatic heterocycles. The van der Waals surface area contributed by atoms with E-state index in [2.05, 4.69) is 0 Å². The van der Waals surface area contributed by atoms with Crippen LogP contribution in [-0.4, -0.2) is 50.6 Å². The quantitative estimate of drug-likeness (QED) is 0.128. The summed E-state index contributed by atoms with van der Waals surface area (Å²) in [6, 6.07) is -2.72. The van der Waals surface area contributed by atoms with Gasteiger partial charge in [-0.15, -0.1) is 0 Å². The highest BCUT2D eigenvalue weighted by atomic mass is 16.6. The third kappa shape index (κ3) is 11.4. The highest BCUT2D eigenvalue weighted by molar-refractivity contribution is 5.48. The first-order valence-electron chi connectivity index (χ1n) is 9.56. The average molecular weight is 388 g/mol. The van der Waals surface area contributed by atoms with Gasteiger partial charge in [0, 0.05) is 22.7 Å². The lowest BCUT2D eigenvalue weighted by Crippen LogP contribution is -2.42. The molecular weight excluding hydrogens is 356 g/mol. The Morgan fingerprint density at radius 1 is 0.852 bits per heavy atom. The summed E-state index contributed by atoms with van der Waals surface area (Å²) in [6.07, 6.45) is 7.73. The van der Waals surface area contributed by atoms with Crippen molar-refractivity contribution >= 4 is 6.29 Å². The largest absolute Gasteiger partial charge is 0.386 e. The van der Waals surface area contributed by atoms with Crippen LogP contribution in [-0.2, 0) is 4.79 Å². The third-order valence-corrected chi connectivity index (χ3v) is 4.57. The van der Waals surface area contributed by atoms with Crippen LogP contribution in [0.4, 0.5) is 0 Å². The van der Waals surface area contributed by atoms with Crippen molar-refractivity contribution in [1.29, 1.82) is 0 Å². The van der Waals surface area contributed by atoms with E-state index in [9.17, 15) is 35.2 Å². The Morgan fingerprint density at radius 2 is 1.41 bits per heavy atom. The number of hydrogen-bond acceptors (Lipinski definition) is 7. The molecule has 9 nitrogen and oxygen atoms in total. The van der Waals surface area contributed by atoms with Crippen molar-refractivity contribution in [2.45, 2.75) is 95.4 Å². The van der Waals surface area contributed by atoms with E-state index in [-0.39, 0.29) is 12.8 Å². The second-order valence-corrected chi connectivity index (χ2v) is 6.70. The molecule has 9 heteroatoms. The molecule has 0 aromatic heterocycles. The van der Waals surface area contributed by atoms with Gasteiger partial charge in [0.05, 0.1) is 6.42 Å². The third-order valence-electron chi connectivity index (χ3n) is 4.57. The molecule has 0 fully saturated rings. The summed E-state index contributed by atoms with van der Waals surface area (Å²) in [6.45, 7) is 1.53. The van der Waals surface area contributed by atoms with Gasteiger partial charge in [0.15, 0.2) is 0 Å². The predicted octanol–water partition coefficient (Wildman–Crippen LogP) is 2.67. The minimum absolute atomic E-state index is 0.0593. The molecule has 0 aromatic carbocycles. The first-order valence-corrected chi connectivity index (χ1v) is 9.56. The molecule has 27 heavy (non-hydrogen) atoms. The molecule has 0 aliphatic rings. The van der Waals surface area contributed by atoms with Crippen molar-refractivity contribution < 1.29 is 24.9 Å². The molecule has 4 unspecified atom stereocenters. The minimum atomic E-state index is -1.47. The maximum Gasteiger partial charge on any atom is 0.241 e. The number of allylic oxidation sites excluding steroid dienone is 1. The highest BCUT2D eigenvalue weighted by Crippen LogP contribution is 2.16. The van der Waals surface area contributed by atoms with Crippen LogP contribution in [0.15, 0.2) is 12.2 Å². The van der Waals surface area contributed by atoms with Gasteiger partial charge in [-0.05, 0) is 25.7 Å². The number of carbonyl (C=O) groups is 1. The molecule has 0 heterocycles. The molecule has 2 N–H and O–H groups in total. The van der Waals surface area contributed by atoms with E-state index >= 15 is 0 Å². The van der Waals surface area contributed by atoms with E-state index in [0.717, 1.165) is 44.8 Å². The van der Waals surface area contributed by atoms with E-state index in [1.165, 1.54) is 6.92 Å². The maximum absolute atomic E-state index is 11.2. The Hall–Kier alpha value is -1.87. The SMILES string of the molecule is CCC(C(O)CC(C(O)C/C=C\CCCCCCCC=O)[N+](=O)[O-])[N+](=O)[O-]. The van der Waals surface area contributed by atoms with E-state index in [4.69, 9.17) is 0 Å². The number of nitrogens with zero attached hydrogens (tertiary/aromatic N) is 2. The standard InChI is InChI=1S/C18H32N2O7/c1-2-15(19(24)25)18(23)14-16(20(26)27)17(22)12-10-8-6-4-3-5-7-9-11-13-21/h8,10,13,15-18,22-23H,2-7,9,11-12,14H2,1H3/b10-8-. The molecule has 0 radical (unpaired) electrons. The smallest absolute Gasteiger partial charge is 0.241 e. The molecule has 0 saturated heterocycles. The Labute approximate surface area is 159 Å². The van der Waals surface area contributed by atoms with Gasteiger partial charge in [0.25, 0.3) is 0 Å². The van der Waals surface area contributed by atoms with Gasteiger partial charge in [-0.3, -0.25) is 20.2 Å². The molecule has 0 bridgehead atoms. The lowest BCUT2D eigenvalue weighted by atomic mass is 9.96. The maximum atomic E-state index is 11.2. The summed E-state index contributed by atoms with van der Waals surface area (Å²) in [5.74, 6) is 0. The van der Waals surface area contributed by atoms with Gasteiger partial charge in [0.1, 0.15) is 18.5 Å². The zero-order valence-electron chi connectivity index (χ0n) is 15.9. The van der Waals surface area contributed by atoms with E-state index in [1.807, 2.05) is 6.08 Å². The van der Waals surface area contributed by atoms with Crippen LogP contribution in [0.5, 0.6) is 0 Å². The number of unbranched alkanes of at least 4 members (excludes halogenated alkanes) is 6. The van der Waals surface area contributed by atoms with Crippen LogP contribution in [0.25, 0.3) is 0 Å². The Kier molecular flexibility index (Phi) is 14.2. The number of aldehydes is 1. The average Bonchev–Trinajstić information content (AvgIpc) is 2.61. The van der Waals surface area contributed by atoms with Crippen LogP contribution in [0, 0.1) is 20.2 Å². The van der Waals surface area contributed by atoms with Crippen molar-refractivity contribution in [3.05, 3.63) is 32.4 Å². The fourth-order valence-corrected chi connectivity index (χ4v) is 2.88. The highest BCUT2D eigenvalue weighted by Gasteiger charge is 2.37. The zero-order chi connectivity index (χ0) is 20.7. The summed E-state index contributed by atoms with van der Waals surface area (Å²) < 4.78 is 0. The molecule has 0 rings (SSSR count). The fraction of sp³-hybridized carbons (Fsp3) is 0.833. The van der Waals surface area contributed by atoms with Crippen LogP contribution in [0.2, 0.25) is 0 Å². The molecular formula is C18H32N2O7. The van der Waals surface area contributed by atoms with E-state index in [1.54, 1.807) is 6.08 Å². The molecule has 0 amide bonds. The lowest BCUT2D eigenvalue weighted by Gasteiger charge is -2.19.